The zero-order chi connectivity index (χ0) is 19.5. The Kier molecular flexibility index (Phi) is 5.79. The zero-order valence-electron chi connectivity index (χ0n) is 17.4. The first-order valence-electron chi connectivity index (χ1n) is 10.6. The van der Waals surface area contributed by atoms with Crippen LogP contribution in [-0.2, 0) is 20.1 Å². The van der Waals surface area contributed by atoms with Crippen molar-refractivity contribution in [1.82, 2.24) is 19.4 Å². The third-order valence-electron chi connectivity index (χ3n) is 6.45. The number of aromatic nitrogens is 2. The van der Waals surface area contributed by atoms with E-state index in [1.54, 1.807) is 0 Å². The summed E-state index contributed by atoms with van der Waals surface area (Å²) in [5, 5.41) is 1.41. The van der Waals surface area contributed by atoms with E-state index in [1.165, 1.54) is 47.1 Å². The van der Waals surface area contributed by atoms with Crippen molar-refractivity contribution >= 4 is 10.9 Å². The van der Waals surface area contributed by atoms with Crippen molar-refractivity contribution in [3.8, 4) is 0 Å². The largest absolute Gasteiger partial charge is 0.348 e. The number of hydrogen-bond acceptors (Lipinski definition) is 3. The Hall–Kier alpha value is -2.17. The smallest absolute Gasteiger partial charge is 0.0483 e. The van der Waals surface area contributed by atoms with Gasteiger partial charge in [-0.15, -0.1) is 0 Å². The molecule has 4 nitrogen and oxygen atoms in total. The third kappa shape index (κ3) is 3.85. The van der Waals surface area contributed by atoms with Gasteiger partial charge in [0.1, 0.15) is 0 Å². The van der Waals surface area contributed by atoms with Gasteiger partial charge < -0.3 is 4.57 Å². The fourth-order valence-electron chi connectivity index (χ4n) is 4.72. The van der Waals surface area contributed by atoms with Gasteiger partial charge in [0.2, 0.25) is 0 Å². The summed E-state index contributed by atoms with van der Waals surface area (Å²) in [7, 11) is 2.19. The maximum Gasteiger partial charge on any atom is 0.0483 e. The molecule has 28 heavy (non-hydrogen) atoms. The van der Waals surface area contributed by atoms with E-state index < -0.39 is 0 Å². The Morgan fingerprint density at radius 2 is 1.93 bits per heavy atom. The maximum atomic E-state index is 4.16. The molecular formula is C24H32N4. The van der Waals surface area contributed by atoms with Gasteiger partial charge in [-0.1, -0.05) is 25.1 Å². The van der Waals surface area contributed by atoms with Crippen molar-refractivity contribution in [2.24, 2.45) is 7.05 Å². The number of pyridine rings is 1. The second-order valence-electron chi connectivity index (χ2n) is 8.09. The van der Waals surface area contributed by atoms with E-state index in [9.17, 15) is 0 Å². The van der Waals surface area contributed by atoms with Crippen LogP contribution in [0.4, 0.5) is 0 Å². The SMILES string of the molecule is CCN(Cc1ccncc1)C1CCCN(Cc2c(C)n(C)c3ccccc23)C1. The Morgan fingerprint density at radius 1 is 1.14 bits per heavy atom. The van der Waals surface area contributed by atoms with Crippen LogP contribution >= 0.6 is 0 Å². The van der Waals surface area contributed by atoms with Crippen molar-refractivity contribution in [2.75, 3.05) is 19.6 Å². The van der Waals surface area contributed by atoms with Crippen LogP contribution in [0.25, 0.3) is 10.9 Å². The Labute approximate surface area is 168 Å². The molecule has 0 radical (unpaired) electrons. The molecule has 1 unspecified atom stereocenters. The molecule has 1 atom stereocenters. The lowest BCUT2D eigenvalue weighted by Crippen LogP contribution is -2.47. The van der Waals surface area contributed by atoms with Crippen molar-refractivity contribution in [3.63, 3.8) is 0 Å². The van der Waals surface area contributed by atoms with Crippen LogP contribution in [0.3, 0.4) is 0 Å². The normalized spacial score (nSPS) is 18.2. The number of piperidine rings is 1. The summed E-state index contributed by atoms with van der Waals surface area (Å²) in [6.07, 6.45) is 6.38. The van der Waals surface area contributed by atoms with Gasteiger partial charge in [0, 0.05) is 61.7 Å². The summed E-state index contributed by atoms with van der Waals surface area (Å²) in [5.41, 5.74) is 5.60. The van der Waals surface area contributed by atoms with Gasteiger partial charge in [0.05, 0.1) is 0 Å². The molecule has 0 amide bonds. The molecule has 1 aromatic carbocycles. The third-order valence-corrected chi connectivity index (χ3v) is 6.45. The Bertz CT molecular complexity index is 915. The highest BCUT2D eigenvalue weighted by Crippen LogP contribution is 2.28. The molecule has 4 rings (SSSR count). The first-order valence-corrected chi connectivity index (χ1v) is 10.6. The van der Waals surface area contributed by atoms with E-state index in [4.69, 9.17) is 0 Å². The second-order valence-corrected chi connectivity index (χ2v) is 8.09. The summed E-state index contributed by atoms with van der Waals surface area (Å²) in [4.78, 5) is 9.46. The van der Waals surface area contributed by atoms with Crippen LogP contribution in [0, 0.1) is 6.92 Å². The topological polar surface area (TPSA) is 24.3 Å². The fraction of sp³-hybridized carbons (Fsp3) is 0.458. The lowest BCUT2D eigenvalue weighted by molar-refractivity contribution is 0.0918. The van der Waals surface area contributed by atoms with Gasteiger partial charge in [-0.25, -0.2) is 0 Å². The molecule has 0 aliphatic carbocycles. The minimum absolute atomic E-state index is 0.627. The number of likely N-dealkylation sites (tertiary alicyclic amines) is 1. The minimum atomic E-state index is 0.627. The summed E-state index contributed by atoms with van der Waals surface area (Å²) in [6.45, 7) is 10.1. The van der Waals surface area contributed by atoms with E-state index >= 15 is 0 Å². The summed E-state index contributed by atoms with van der Waals surface area (Å²) in [6, 6.07) is 13.7. The van der Waals surface area contributed by atoms with Gasteiger partial charge in [-0.05, 0) is 62.2 Å². The maximum absolute atomic E-state index is 4.16. The van der Waals surface area contributed by atoms with Crippen LogP contribution in [0.2, 0.25) is 0 Å². The molecule has 3 heterocycles. The van der Waals surface area contributed by atoms with E-state index in [-0.39, 0.29) is 0 Å². The highest BCUT2D eigenvalue weighted by molar-refractivity contribution is 5.85. The number of rotatable bonds is 6. The van der Waals surface area contributed by atoms with Crippen LogP contribution in [0.15, 0.2) is 48.8 Å². The van der Waals surface area contributed by atoms with Crippen molar-refractivity contribution in [1.29, 1.82) is 0 Å². The molecule has 1 aliphatic heterocycles. The zero-order valence-corrected chi connectivity index (χ0v) is 17.4. The number of benzene rings is 1. The summed E-state index contributed by atoms with van der Waals surface area (Å²) >= 11 is 0. The van der Waals surface area contributed by atoms with Gasteiger partial charge in [-0.2, -0.15) is 0 Å². The molecule has 2 aromatic heterocycles. The molecule has 0 bridgehead atoms. The van der Waals surface area contributed by atoms with Crippen molar-refractivity contribution in [2.45, 2.75) is 45.8 Å². The average Bonchev–Trinajstić information content (AvgIpc) is 2.98. The van der Waals surface area contributed by atoms with Crippen molar-refractivity contribution in [3.05, 3.63) is 65.6 Å². The van der Waals surface area contributed by atoms with Crippen molar-refractivity contribution < 1.29 is 0 Å². The van der Waals surface area contributed by atoms with Crippen LogP contribution in [0.5, 0.6) is 0 Å². The highest BCUT2D eigenvalue weighted by Gasteiger charge is 2.26. The van der Waals surface area contributed by atoms with E-state index in [2.05, 4.69) is 76.6 Å². The standard InChI is InChI=1S/C24H32N4/c1-4-28(16-20-11-13-25-14-12-20)21-8-7-15-27(17-21)18-23-19(2)26(3)24-10-6-5-9-22(23)24/h5-6,9-14,21H,4,7-8,15-18H2,1-3H3. The molecule has 3 aromatic rings. The van der Waals surface area contributed by atoms with Gasteiger partial charge in [-0.3, -0.25) is 14.8 Å². The number of aryl methyl sites for hydroxylation is 1. The second kappa shape index (κ2) is 8.46. The van der Waals surface area contributed by atoms with Gasteiger partial charge in [0.15, 0.2) is 0 Å². The van der Waals surface area contributed by atoms with Crippen LogP contribution in [-0.4, -0.2) is 45.0 Å². The van der Waals surface area contributed by atoms with E-state index in [1.807, 2.05) is 12.4 Å². The molecule has 4 heteroatoms. The predicted octanol–water partition coefficient (Wildman–Crippen LogP) is 4.37. The Balaban J connectivity index is 1.49. The summed E-state index contributed by atoms with van der Waals surface area (Å²) < 4.78 is 2.34. The average molecular weight is 377 g/mol. The first-order chi connectivity index (χ1) is 13.7. The lowest BCUT2D eigenvalue weighted by atomic mass is 10.0. The molecule has 0 saturated carbocycles. The predicted molar refractivity (Wildman–Crippen MR) is 116 cm³/mol. The van der Waals surface area contributed by atoms with Crippen LogP contribution < -0.4 is 0 Å². The molecule has 1 saturated heterocycles. The number of likely N-dealkylation sites (N-methyl/N-ethyl adjacent to an activating group) is 1. The summed E-state index contributed by atoms with van der Waals surface area (Å²) in [5.74, 6) is 0. The van der Waals surface area contributed by atoms with Gasteiger partial charge >= 0.3 is 0 Å². The lowest BCUT2D eigenvalue weighted by Gasteiger charge is -2.39. The Morgan fingerprint density at radius 3 is 2.71 bits per heavy atom. The van der Waals surface area contributed by atoms with Crippen LogP contribution in [0.1, 0.15) is 36.6 Å². The highest BCUT2D eigenvalue weighted by atomic mass is 15.2. The number of para-hydroxylation sites is 1. The van der Waals surface area contributed by atoms with E-state index in [0.717, 1.165) is 26.2 Å². The molecule has 0 N–H and O–H groups in total. The van der Waals surface area contributed by atoms with Gasteiger partial charge in [0.25, 0.3) is 0 Å². The number of hydrogen-bond donors (Lipinski definition) is 0. The number of fused-ring (bicyclic) bond motifs is 1. The molecular weight excluding hydrogens is 344 g/mol. The van der Waals surface area contributed by atoms with E-state index in [0.29, 0.717) is 6.04 Å². The minimum Gasteiger partial charge on any atom is -0.348 e. The number of nitrogens with zero attached hydrogens (tertiary/aromatic N) is 4. The molecule has 148 valence electrons. The molecule has 1 aliphatic rings. The quantitative estimate of drug-likeness (QED) is 0.638. The monoisotopic (exact) mass is 376 g/mol. The molecule has 0 spiro atoms. The fourth-order valence-corrected chi connectivity index (χ4v) is 4.72. The first kappa shape index (κ1) is 19.2. The molecule has 1 fully saturated rings.